The van der Waals surface area contributed by atoms with Gasteiger partial charge in [-0.25, -0.2) is 0 Å². The molecule has 6 heteroatoms. The van der Waals surface area contributed by atoms with Crippen molar-refractivity contribution in [2.24, 2.45) is 0 Å². The molecule has 0 aliphatic carbocycles. The maximum absolute atomic E-state index is 12.1. The van der Waals surface area contributed by atoms with E-state index in [9.17, 15) is 9.59 Å². The minimum absolute atomic E-state index is 0.106. The van der Waals surface area contributed by atoms with E-state index >= 15 is 0 Å². The molecule has 3 rings (SSSR count). The predicted molar refractivity (Wildman–Crippen MR) is 86.4 cm³/mol. The van der Waals surface area contributed by atoms with E-state index in [0.717, 1.165) is 18.5 Å². The number of hydrogen-bond donors (Lipinski definition) is 2. The third-order valence-electron chi connectivity index (χ3n) is 5.04. The molecule has 2 bridgehead atoms. The van der Waals surface area contributed by atoms with Crippen LogP contribution in [0.25, 0.3) is 0 Å². The maximum Gasteiger partial charge on any atom is 0.309 e. The van der Waals surface area contributed by atoms with Crippen LogP contribution in [0.4, 0.5) is 0 Å². The fourth-order valence-corrected chi connectivity index (χ4v) is 3.74. The van der Waals surface area contributed by atoms with Gasteiger partial charge in [0.05, 0.1) is 12.2 Å². The van der Waals surface area contributed by atoms with Gasteiger partial charge in [0, 0.05) is 24.3 Å². The van der Waals surface area contributed by atoms with Crippen molar-refractivity contribution < 1.29 is 9.59 Å². The highest BCUT2D eigenvalue weighted by Crippen LogP contribution is 2.32. The summed E-state index contributed by atoms with van der Waals surface area (Å²) in [7, 11) is 2.17. The van der Waals surface area contributed by atoms with Crippen molar-refractivity contribution in [1.29, 1.82) is 0 Å². The van der Waals surface area contributed by atoms with Gasteiger partial charge in [-0.15, -0.1) is 0 Å². The van der Waals surface area contributed by atoms with Crippen LogP contribution < -0.4 is 10.6 Å². The first kappa shape index (κ1) is 15.9. The van der Waals surface area contributed by atoms with Gasteiger partial charge in [-0.2, -0.15) is 0 Å². The van der Waals surface area contributed by atoms with Crippen LogP contribution >= 0.6 is 0 Å². The molecule has 0 saturated carbocycles. The summed E-state index contributed by atoms with van der Waals surface area (Å²) in [6.45, 7) is 0.270. The van der Waals surface area contributed by atoms with Gasteiger partial charge in [-0.05, 0) is 44.9 Å². The molecule has 0 radical (unpaired) electrons. The van der Waals surface area contributed by atoms with Crippen molar-refractivity contribution >= 4 is 11.8 Å². The summed E-state index contributed by atoms with van der Waals surface area (Å²) in [5.41, 5.74) is 0.738. The molecule has 1 aromatic rings. The average molecular weight is 316 g/mol. The Labute approximate surface area is 136 Å². The number of amides is 2. The van der Waals surface area contributed by atoms with Crippen molar-refractivity contribution in [1.82, 2.24) is 20.5 Å². The first-order chi connectivity index (χ1) is 11.1. The number of nitrogens with zero attached hydrogens (tertiary/aromatic N) is 2. The molecule has 0 aromatic carbocycles. The van der Waals surface area contributed by atoms with Crippen LogP contribution in [0, 0.1) is 0 Å². The van der Waals surface area contributed by atoms with Crippen molar-refractivity contribution in [3.05, 3.63) is 30.1 Å². The van der Waals surface area contributed by atoms with Crippen LogP contribution in [0.15, 0.2) is 24.4 Å². The topological polar surface area (TPSA) is 74.3 Å². The summed E-state index contributed by atoms with van der Waals surface area (Å²) < 4.78 is 0. The number of carbonyl (C=O) groups is 2. The van der Waals surface area contributed by atoms with E-state index in [2.05, 4.69) is 27.6 Å². The predicted octanol–water partition coefficient (Wildman–Crippen LogP) is 0.829. The van der Waals surface area contributed by atoms with Crippen LogP contribution in [-0.4, -0.2) is 46.9 Å². The number of pyridine rings is 1. The van der Waals surface area contributed by atoms with Gasteiger partial charge in [0.25, 0.3) is 0 Å². The van der Waals surface area contributed by atoms with Crippen LogP contribution in [0.2, 0.25) is 0 Å². The molecular formula is C17H24N4O2. The second-order valence-electron chi connectivity index (χ2n) is 6.55. The summed E-state index contributed by atoms with van der Waals surface area (Å²) >= 11 is 0. The second kappa shape index (κ2) is 7.08. The fourth-order valence-electron chi connectivity index (χ4n) is 3.74. The van der Waals surface area contributed by atoms with Gasteiger partial charge in [0.15, 0.2) is 0 Å². The Balaban J connectivity index is 1.48. The maximum atomic E-state index is 12.1. The Bertz CT molecular complexity index is 549. The molecular weight excluding hydrogens is 292 g/mol. The highest BCUT2D eigenvalue weighted by Gasteiger charge is 2.36. The van der Waals surface area contributed by atoms with Crippen LogP contribution in [0.3, 0.4) is 0 Å². The quantitative estimate of drug-likeness (QED) is 0.810. The smallest absolute Gasteiger partial charge is 0.309 e. The normalized spacial score (nSPS) is 27.3. The number of hydrogen-bond acceptors (Lipinski definition) is 4. The lowest BCUT2D eigenvalue weighted by atomic mass is 9.82. The first-order valence-corrected chi connectivity index (χ1v) is 8.34. The average Bonchev–Trinajstić information content (AvgIpc) is 2.54. The molecule has 124 valence electrons. The Kier molecular flexibility index (Phi) is 4.91. The van der Waals surface area contributed by atoms with Crippen molar-refractivity contribution in [2.75, 3.05) is 7.05 Å². The highest BCUT2D eigenvalue weighted by atomic mass is 16.2. The first-order valence-electron chi connectivity index (χ1n) is 8.34. The molecule has 0 spiro atoms. The number of rotatable bonds is 3. The SMILES string of the molecule is CN1C2CCCC1CC(NC(=O)C(=O)NCc1ccccn1)C2. The van der Waals surface area contributed by atoms with Crippen molar-refractivity contribution in [2.45, 2.75) is 56.8 Å². The van der Waals surface area contributed by atoms with E-state index in [1.807, 2.05) is 18.2 Å². The van der Waals surface area contributed by atoms with Crippen molar-refractivity contribution in [3.8, 4) is 0 Å². The summed E-state index contributed by atoms with van der Waals surface area (Å²) in [6.07, 6.45) is 7.18. The molecule has 6 nitrogen and oxygen atoms in total. The Hall–Kier alpha value is -1.95. The molecule has 2 aliphatic rings. The summed E-state index contributed by atoms with van der Waals surface area (Å²) in [5, 5.41) is 5.53. The van der Waals surface area contributed by atoms with Crippen LogP contribution in [0.5, 0.6) is 0 Å². The minimum Gasteiger partial charge on any atom is -0.345 e. The van der Waals surface area contributed by atoms with Gasteiger partial charge in [-0.1, -0.05) is 12.5 Å². The lowest BCUT2D eigenvalue weighted by molar-refractivity contribution is -0.140. The lowest BCUT2D eigenvalue weighted by Gasteiger charge is -2.47. The molecule has 2 unspecified atom stereocenters. The summed E-state index contributed by atoms with van der Waals surface area (Å²) in [6, 6.07) is 6.65. The lowest BCUT2D eigenvalue weighted by Crippen LogP contribution is -2.56. The van der Waals surface area contributed by atoms with Gasteiger partial charge < -0.3 is 15.5 Å². The minimum atomic E-state index is -0.584. The van der Waals surface area contributed by atoms with Gasteiger partial charge >= 0.3 is 11.8 Å². The van der Waals surface area contributed by atoms with Crippen molar-refractivity contribution in [3.63, 3.8) is 0 Å². The number of aromatic nitrogens is 1. The fraction of sp³-hybridized carbons (Fsp3) is 0.588. The highest BCUT2D eigenvalue weighted by molar-refractivity contribution is 6.35. The molecule has 2 saturated heterocycles. The molecule has 2 fully saturated rings. The Morgan fingerprint density at radius 3 is 2.61 bits per heavy atom. The standard InChI is InChI=1S/C17H24N4O2/c1-21-14-6-4-7-15(21)10-13(9-14)20-17(23)16(22)19-11-12-5-2-3-8-18-12/h2-3,5,8,13-15H,4,6-7,9-11H2,1H3,(H,19,22)(H,20,23). The Morgan fingerprint density at radius 1 is 1.22 bits per heavy atom. The molecule has 2 aliphatic heterocycles. The molecule has 3 heterocycles. The van der Waals surface area contributed by atoms with E-state index in [1.54, 1.807) is 6.20 Å². The zero-order valence-corrected chi connectivity index (χ0v) is 13.5. The number of piperidine rings is 2. The molecule has 23 heavy (non-hydrogen) atoms. The van der Waals surface area contributed by atoms with Crippen LogP contribution in [-0.2, 0) is 16.1 Å². The zero-order chi connectivity index (χ0) is 16.2. The third-order valence-corrected chi connectivity index (χ3v) is 5.04. The van der Waals surface area contributed by atoms with E-state index in [0.29, 0.717) is 12.1 Å². The molecule has 1 aromatic heterocycles. The third kappa shape index (κ3) is 3.88. The number of carbonyl (C=O) groups excluding carboxylic acids is 2. The summed E-state index contributed by atoms with van der Waals surface area (Å²) in [5.74, 6) is -1.12. The summed E-state index contributed by atoms with van der Waals surface area (Å²) in [4.78, 5) is 30.6. The van der Waals surface area contributed by atoms with Gasteiger partial charge in [0.2, 0.25) is 0 Å². The second-order valence-corrected chi connectivity index (χ2v) is 6.55. The molecule has 2 atom stereocenters. The molecule has 2 N–H and O–H groups in total. The van der Waals surface area contributed by atoms with E-state index < -0.39 is 11.8 Å². The largest absolute Gasteiger partial charge is 0.345 e. The van der Waals surface area contributed by atoms with Gasteiger partial charge in [0.1, 0.15) is 0 Å². The number of fused-ring (bicyclic) bond motifs is 2. The van der Waals surface area contributed by atoms with E-state index in [-0.39, 0.29) is 12.6 Å². The Morgan fingerprint density at radius 2 is 1.96 bits per heavy atom. The van der Waals surface area contributed by atoms with E-state index in [4.69, 9.17) is 0 Å². The van der Waals surface area contributed by atoms with Crippen LogP contribution in [0.1, 0.15) is 37.8 Å². The molecule has 2 amide bonds. The monoisotopic (exact) mass is 316 g/mol. The van der Waals surface area contributed by atoms with E-state index in [1.165, 1.54) is 19.3 Å². The van der Waals surface area contributed by atoms with Gasteiger partial charge in [-0.3, -0.25) is 14.6 Å². The zero-order valence-electron chi connectivity index (χ0n) is 13.5. The number of nitrogens with one attached hydrogen (secondary N) is 2.